The van der Waals surface area contributed by atoms with Gasteiger partial charge in [0.05, 0.1) is 0 Å². The summed E-state index contributed by atoms with van der Waals surface area (Å²) in [5.74, 6) is 0. The van der Waals surface area contributed by atoms with Gasteiger partial charge in [-0.25, -0.2) is 0 Å². The Hall–Kier alpha value is 5.69. The van der Waals surface area contributed by atoms with E-state index in [0.717, 1.165) is 0 Å². The van der Waals surface area contributed by atoms with Crippen molar-refractivity contribution in [1.29, 1.82) is 0 Å². The van der Waals surface area contributed by atoms with E-state index in [1.54, 1.807) is 0 Å². The van der Waals surface area contributed by atoms with Gasteiger partial charge in [-0.1, -0.05) is 0 Å². The molecule has 11 heteroatoms. The van der Waals surface area contributed by atoms with E-state index in [0.29, 0.717) is 0 Å². The van der Waals surface area contributed by atoms with Crippen molar-refractivity contribution in [3.05, 3.63) is 0 Å². The molecule has 0 aliphatic carbocycles. The van der Waals surface area contributed by atoms with Gasteiger partial charge in [-0.2, -0.15) is 0 Å². The Morgan fingerprint density at radius 3 is 0.909 bits per heavy atom. The van der Waals surface area contributed by atoms with Crippen LogP contribution in [0.3, 0.4) is 0 Å². The van der Waals surface area contributed by atoms with Crippen LogP contribution in [0.25, 0.3) is 0 Å². The summed E-state index contributed by atoms with van der Waals surface area (Å²) in [7, 11) is 24.7. The average Bonchev–Trinajstić information content (AvgIpc) is 1.33. The largest absolute Gasteiger partial charge is 1.00 e. The molecule has 0 nitrogen and oxygen atoms in total. The van der Waals surface area contributed by atoms with Gasteiger partial charge < -0.3 is 24.8 Å². The summed E-state index contributed by atoms with van der Waals surface area (Å²) in [4.78, 5) is 0. The van der Waals surface area contributed by atoms with Crippen LogP contribution < -0.4 is 95.1 Å². The molecule has 0 N–H and O–H groups in total. The smallest absolute Gasteiger partial charge is 1.00 e. The number of rotatable bonds is 0. The van der Waals surface area contributed by atoms with Crippen molar-refractivity contribution in [1.82, 2.24) is 0 Å². The van der Waals surface area contributed by atoms with Gasteiger partial charge in [-0.3, -0.25) is 0 Å². The standard InChI is InChI=1S/7ClH.K.Li.2Ti/h7*1H;;;;/q;;;;;;;2*+1;+2;+3/p-7. The molecule has 0 aliphatic rings. The fourth-order valence-corrected chi connectivity index (χ4v) is 0. The second kappa shape index (κ2) is 36.1. The summed E-state index contributed by atoms with van der Waals surface area (Å²) in [5.41, 5.74) is 0. The van der Waals surface area contributed by atoms with Crippen LogP contribution >= 0.6 is 46.5 Å². The minimum absolute atomic E-state index is 0. The zero-order valence-electron chi connectivity index (χ0n) is 5.65. The Bertz CT molecular complexity index is 27.6. The molecule has 0 bridgehead atoms. The van der Waals surface area contributed by atoms with Gasteiger partial charge in [-0.15, -0.1) is 0 Å². The second-order valence-electron chi connectivity index (χ2n) is 0.286. The molecule has 0 atom stereocenters. The molecule has 0 aromatic carbocycles. The Balaban J connectivity index is -0.00000000848. The third-order valence-electron chi connectivity index (χ3n) is 0. The summed E-state index contributed by atoms with van der Waals surface area (Å²) >= 11 is -2.47. The van der Waals surface area contributed by atoms with E-state index < -0.39 is 31.7 Å². The molecular weight excluding hydrogens is 390 g/mol. The minimum atomic E-state index is -1.92. The maximum Gasteiger partial charge on any atom is 1.00 e. The molecule has 0 heterocycles. The Morgan fingerprint density at radius 1 is 0.909 bits per heavy atom. The third kappa shape index (κ3) is 90.8. The molecule has 0 saturated carbocycles. The number of halogens is 7. The van der Waals surface area contributed by atoms with Crippen molar-refractivity contribution >= 4 is 46.5 Å². The van der Waals surface area contributed by atoms with Crippen molar-refractivity contribution < 1.29 is 127 Å². The fraction of sp³-hybridized carbons (Fsp3) is 0. The van der Waals surface area contributed by atoms with Crippen molar-refractivity contribution in [2.45, 2.75) is 0 Å². The van der Waals surface area contributed by atoms with Crippen LogP contribution in [0.1, 0.15) is 0 Å². The van der Waals surface area contributed by atoms with Gasteiger partial charge >= 0.3 is 148 Å². The number of hydrogen-bond donors (Lipinski definition) is 0. The summed E-state index contributed by atoms with van der Waals surface area (Å²) in [6.07, 6.45) is 0. The van der Waals surface area contributed by atoms with E-state index in [1.165, 1.54) is 0 Å². The molecule has 59 valence electrons. The molecule has 0 aromatic rings. The molecule has 0 rings (SSSR count). The molecular formula is Cl7KLiTi2. The van der Waals surface area contributed by atoms with Gasteiger partial charge in [0, 0.05) is 0 Å². The van der Waals surface area contributed by atoms with Crippen molar-refractivity contribution in [3.63, 3.8) is 0 Å². The molecule has 0 spiro atoms. The first-order valence-corrected chi connectivity index (χ1v) is 11.7. The fourth-order valence-electron chi connectivity index (χ4n) is 0. The van der Waals surface area contributed by atoms with Gasteiger partial charge in [0.15, 0.2) is 0 Å². The van der Waals surface area contributed by atoms with Gasteiger partial charge in [0.25, 0.3) is 0 Å². The van der Waals surface area contributed by atoms with Gasteiger partial charge in [-0.05, 0) is 0 Å². The Labute approximate surface area is 168 Å². The normalized spacial score (nSPS) is 3.73. The van der Waals surface area contributed by atoms with E-state index in [1.807, 2.05) is 0 Å². The predicted octanol–water partition coefficient (Wildman–Crippen LogP) is -8.54. The minimum Gasteiger partial charge on any atom is 1.00 e. The summed E-state index contributed by atoms with van der Waals surface area (Å²) in [6, 6.07) is 0. The number of hydrogen-bond acceptors (Lipinski definition) is 0. The van der Waals surface area contributed by atoms with Crippen molar-refractivity contribution in [2.75, 3.05) is 0 Å². The van der Waals surface area contributed by atoms with E-state index in [9.17, 15) is 0 Å². The zero-order valence-corrected chi connectivity index (χ0v) is 17.2. The summed E-state index contributed by atoms with van der Waals surface area (Å²) < 4.78 is 0. The SMILES string of the molecule is [Cl-].[Cl-].[Cl][Ti]([Cl])[Cl].[Cl][Ti][Cl].[K+].[Li+]. The maximum atomic E-state index is 4.97. The molecule has 0 amide bonds. The monoisotopic (exact) mass is 387 g/mol. The van der Waals surface area contributed by atoms with Crippen LogP contribution in [0.5, 0.6) is 0 Å². The van der Waals surface area contributed by atoms with Crippen LogP contribution in [-0.4, -0.2) is 0 Å². The van der Waals surface area contributed by atoms with Crippen LogP contribution in [0.4, 0.5) is 0 Å². The first-order chi connectivity index (χ1) is 3.15. The van der Waals surface area contributed by atoms with Crippen LogP contribution in [0, 0.1) is 0 Å². The van der Waals surface area contributed by atoms with Crippen LogP contribution in [0.2, 0.25) is 0 Å². The Kier molecular flexibility index (Phi) is 118. The van der Waals surface area contributed by atoms with Gasteiger partial charge in [0.2, 0.25) is 0 Å². The van der Waals surface area contributed by atoms with E-state index >= 15 is 0 Å². The molecule has 0 radical (unpaired) electrons. The van der Waals surface area contributed by atoms with Crippen molar-refractivity contribution in [2.24, 2.45) is 0 Å². The average molecular weight is 390 g/mol. The molecule has 11 heavy (non-hydrogen) atoms. The van der Waals surface area contributed by atoms with Crippen LogP contribution in [-0.2, 0) is 31.7 Å². The van der Waals surface area contributed by atoms with Crippen LogP contribution in [0.15, 0.2) is 0 Å². The quantitative estimate of drug-likeness (QED) is 0.361. The molecule has 0 aromatic heterocycles. The van der Waals surface area contributed by atoms with E-state index in [-0.39, 0.29) is 95.1 Å². The molecule has 0 aliphatic heterocycles. The second-order valence-corrected chi connectivity index (χ2v) is 10.6. The molecule has 0 saturated heterocycles. The van der Waals surface area contributed by atoms with Crippen molar-refractivity contribution in [3.8, 4) is 0 Å². The van der Waals surface area contributed by atoms with Gasteiger partial charge in [0.1, 0.15) is 0 Å². The molecule has 0 fully saturated rings. The Morgan fingerprint density at radius 2 is 0.909 bits per heavy atom. The first kappa shape index (κ1) is 36.0. The molecule has 0 unspecified atom stereocenters. The predicted molar refractivity (Wildman–Crippen MR) is 29.3 cm³/mol. The first-order valence-electron chi connectivity index (χ1n) is 0.945. The van der Waals surface area contributed by atoms with E-state index in [4.69, 9.17) is 46.5 Å². The third-order valence-corrected chi connectivity index (χ3v) is 0. The summed E-state index contributed by atoms with van der Waals surface area (Å²) in [6.45, 7) is 0. The maximum absolute atomic E-state index is 4.97. The summed E-state index contributed by atoms with van der Waals surface area (Å²) in [5, 5.41) is 0. The zero-order chi connectivity index (χ0) is 6.28. The topological polar surface area (TPSA) is 0 Å². The van der Waals surface area contributed by atoms with E-state index in [2.05, 4.69) is 0 Å².